The van der Waals surface area contributed by atoms with Crippen LogP contribution in [-0.2, 0) is 10.1 Å². The largest absolute Gasteiger partial charge is 2.00 e. The number of phenols is 1. The molecule has 2 N–H and O–H groups in total. The molecule has 0 aliphatic carbocycles. The fourth-order valence-corrected chi connectivity index (χ4v) is 1.16. The van der Waals surface area contributed by atoms with E-state index in [2.05, 4.69) is 0 Å². The van der Waals surface area contributed by atoms with Crippen molar-refractivity contribution < 1.29 is 20.9 Å². The minimum Gasteiger partial charge on any atom is -1.00 e. The third-order valence-corrected chi connectivity index (χ3v) is 1.97. The summed E-state index contributed by atoms with van der Waals surface area (Å²) in [4.78, 5) is -0.308. The summed E-state index contributed by atoms with van der Waals surface area (Å²) in [7, 11) is -4.19. The van der Waals surface area contributed by atoms with Gasteiger partial charge in [-0.15, -0.1) is 0 Å². The summed E-state index contributed by atoms with van der Waals surface area (Å²) in [6.07, 6.45) is 0. The molecule has 12 heavy (non-hydrogen) atoms. The number of phenolic OH excluding ortho intramolecular Hbond substituents is 1. The molecule has 1 rings (SSSR count). The monoisotopic (exact) mass is 216 g/mol. The second kappa shape index (κ2) is 4.43. The van der Waals surface area contributed by atoms with Gasteiger partial charge >= 0.3 is 37.7 Å². The Bertz CT molecular complexity index is 368. The summed E-state index contributed by atoms with van der Waals surface area (Å²) >= 11 is 0. The van der Waals surface area contributed by atoms with E-state index in [1.54, 1.807) is 0 Å². The molecule has 0 saturated carbocycles. The molecule has 0 atom stereocenters. The van der Waals surface area contributed by atoms with Gasteiger partial charge in [-0.25, -0.2) is 0 Å². The summed E-state index contributed by atoms with van der Waals surface area (Å²) in [6, 6.07) is 4.80. The molecule has 1 aromatic carbocycles. The molecule has 0 amide bonds. The number of hydrogen-bond donors (Lipinski definition) is 2. The predicted molar refractivity (Wildman–Crippen MR) is 45.9 cm³/mol. The molecule has 0 aromatic heterocycles. The quantitative estimate of drug-likeness (QED) is 0.529. The first-order valence-electron chi connectivity index (χ1n) is 2.77. The molecule has 0 saturated heterocycles. The third kappa shape index (κ3) is 3.28. The summed E-state index contributed by atoms with van der Waals surface area (Å²) in [6.45, 7) is 0. The van der Waals surface area contributed by atoms with E-state index < -0.39 is 10.1 Å². The molecule has 0 heterocycles. The Hall–Kier alpha value is 0.190. The second-order valence-electron chi connectivity index (χ2n) is 1.97. The van der Waals surface area contributed by atoms with E-state index >= 15 is 0 Å². The minimum atomic E-state index is -4.19. The molecule has 0 radical (unpaired) electrons. The van der Waals surface area contributed by atoms with Crippen LogP contribution in [0.1, 0.15) is 2.85 Å². The zero-order chi connectivity index (χ0) is 8.48. The van der Waals surface area contributed by atoms with Gasteiger partial charge in [-0.05, 0) is 12.1 Å². The van der Waals surface area contributed by atoms with E-state index in [0.29, 0.717) is 0 Å². The molecule has 0 bridgehead atoms. The van der Waals surface area contributed by atoms with Gasteiger partial charge in [0.2, 0.25) is 0 Å². The number of hydrogen-bond acceptors (Lipinski definition) is 3. The molecule has 0 spiro atoms. The van der Waals surface area contributed by atoms with Crippen molar-refractivity contribution in [3.8, 4) is 5.75 Å². The summed E-state index contributed by atoms with van der Waals surface area (Å²) in [5.41, 5.74) is 0. The van der Waals surface area contributed by atoms with Crippen LogP contribution in [-0.4, -0.2) is 55.8 Å². The van der Waals surface area contributed by atoms with Crippen molar-refractivity contribution >= 4 is 47.9 Å². The molecule has 4 nitrogen and oxygen atoms in total. The van der Waals surface area contributed by atoms with Crippen LogP contribution in [0.25, 0.3) is 0 Å². The Balaban J connectivity index is -0.000000403. The smallest absolute Gasteiger partial charge is 1.00 e. The van der Waals surface area contributed by atoms with Crippen molar-refractivity contribution in [1.29, 1.82) is 0 Å². The van der Waals surface area contributed by atoms with Gasteiger partial charge in [-0.2, -0.15) is 8.42 Å². The summed E-state index contributed by atoms with van der Waals surface area (Å²) in [5, 5.41) is 8.80. The van der Waals surface area contributed by atoms with E-state index in [0.717, 1.165) is 6.07 Å². The Labute approximate surface area is 103 Å². The number of benzene rings is 1. The first kappa shape index (κ1) is 12.2. The third-order valence-electron chi connectivity index (χ3n) is 1.12. The Morgan fingerprint density at radius 3 is 2.25 bits per heavy atom. The Morgan fingerprint density at radius 1 is 1.33 bits per heavy atom. The predicted octanol–water partition coefficient (Wildman–Crippen LogP) is 0.483. The van der Waals surface area contributed by atoms with E-state index in [9.17, 15) is 8.42 Å². The van der Waals surface area contributed by atoms with Crippen LogP contribution in [0.3, 0.4) is 0 Å². The molecule has 0 fully saturated rings. The van der Waals surface area contributed by atoms with E-state index in [1.165, 1.54) is 18.2 Å². The van der Waals surface area contributed by atoms with Gasteiger partial charge in [0.25, 0.3) is 10.1 Å². The average molecular weight is 216 g/mol. The molecule has 0 aliphatic rings. The van der Waals surface area contributed by atoms with Gasteiger partial charge in [0.1, 0.15) is 5.75 Å². The van der Waals surface area contributed by atoms with Crippen molar-refractivity contribution in [3.05, 3.63) is 24.3 Å². The first-order chi connectivity index (χ1) is 5.00. The van der Waals surface area contributed by atoms with Crippen LogP contribution in [0.15, 0.2) is 29.2 Å². The van der Waals surface area contributed by atoms with Crippen LogP contribution in [0.2, 0.25) is 0 Å². The summed E-state index contributed by atoms with van der Waals surface area (Å²) in [5.74, 6) is -0.194. The number of rotatable bonds is 1. The van der Waals surface area contributed by atoms with Crippen LogP contribution in [0, 0.1) is 0 Å². The van der Waals surface area contributed by atoms with Gasteiger partial charge in [0.15, 0.2) is 0 Å². The maximum Gasteiger partial charge on any atom is 2.00 e. The zero-order valence-corrected chi connectivity index (χ0v) is 9.16. The Kier molecular flexibility index (Phi) is 4.50. The van der Waals surface area contributed by atoms with Gasteiger partial charge in [0, 0.05) is 6.07 Å². The molecule has 6 heteroatoms. The molecule has 0 aliphatic heterocycles. The SMILES string of the molecule is O=S(=O)(O)c1cccc(O)c1.[Ca+2].[H-].[H-]. The summed E-state index contributed by atoms with van der Waals surface area (Å²) < 4.78 is 29.3. The van der Waals surface area contributed by atoms with E-state index in [1.807, 2.05) is 0 Å². The molecule has 64 valence electrons. The van der Waals surface area contributed by atoms with Crippen LogP contribution >= 0.6 is 0 Å². The second-order valence-corrected chi connectivity index (χ2v) is 3.39. The van der Waals surface area contributed by atoms with Crippen molar-refractivity contribution in [3.63, 3.8) is 0 Å². The van der Waals surface area contributed by atoms with Crippen molar-refractivity contribution in [2.24, 2.45) is 0 Å². The molecule has 1 aromatic rings. The standard InChI is InChI=1S/C6H6O4S.Ca.2H/c7-5-2-1-3-6(4-5)11(8,9)10;;;/h1-4,7H,(H,8,9,10);;;/q;+2;2*-1. The topological polar surface area (TPSA) is 74.6 Å². The van der Waals surface area contributed by atoms with Crippen molar-refractivity contribution in [2.45, 2.75) is 4.90 Å². The molecular formula is C6H8CaO4S. The molecule has 0 unspecified atom stereocenters. The normalized spacial score (nSPS) is 10.4. The average Bonchev–Trinajstić information content (AvgIpc) is 1.86. The van der Waals surface area contributed by atoms with Gasteiger partial charge in [-0.1, -0.05) is 6.07 Å². The van der Waals surface area contributed by atoms with Gasteiger partial charge < -0.3 is 7.96 Å². The van der Waals surface area contributed by atoms with Crippen LogP contribution in [0.4, 0.5) is 0 Å². The van der Waals surface area contributed by atoms with Gasteiger partial charge in [-0.3, -0.25) is 4.55 Å². The minimum absolute atomic E-state index is 0. The van der Waals surface area contributed by atoms with Crippen molar-refractivity contribution in [1.82, 2.24) is 0 Å². The van der Waals surface area contributed by atoms with Crippen LogP contribution < -0.4 is 0 Å². The van der Waals surface area contributed by atoms with Crippen molar-refractivity contribution in [2.75, 3.05) is 0 Å². The fourth-order valence-electron chi connectivity index (χ4n) is 0.644. The van der Waals surface area contributed by atoms with Gasteiger partial charge in [0.05, 0.1) is 4.90 Å². The Morgan fingerprint density at radius 2 is 1.92 bits per heavy atom. The van der Waals surface area contributed by atoms with Crippen LogP contribution in [0.5, 0.6) is 5.75 Å². The van der Waals surface area contributed by atoms with E-state index in [-0.39, 0.29) is 51.2 Å². The first-order valence-corrected chi connectivity index (χ1v) is 4.21. The van der Waals surface area contributed by atoms with E-state index in [4.69, 9.17) is 9.66 Å². The number of aromatic hydroxyl groups is 1. The maximum atomic E-state index is 10.4. The zero-order valence-electron chi connectivity index (χ0n) is 8.14. The fraction of sp³-hybridized carbons (Fsp3) is 0. The molecular weight excluding hydrogens is 208 g/mol. The maximum absolute atomic E-state index is 10.4.